The van der Waals surface area contributed by atoms with Crippen LogP contribution in [0.25, 0.3) is 0 Å². The Morgan fingerprint density at radius 1 is 1.16 bits per heavy atom. The number of nitrogens with one attached hydrogen (secondary N) is 2. The third kappa shape index (κ3) is 5.90. The highest BCUT2D eigenvalue weighted by atomic mass is 16.4. The van der Waals surface area contributed by atoms with E-state index in [0.717, 1.165) is 6.42 Å². The van der Waals surface area contributed by atoms with E-state index in [2.05, 4.69) is 31.4 Å². The lowest BCUT2D eigenvalue weighted by Crippen LogP contribution is -2.31. The van der Waals surface area contributed by atoms with Crippen LogP contribution in [0.2, 0.25) is 0 Å². The van der Waals surface area contributed by atoms with E-state index in [1.807, 2.05) is 0 Å². The summed E-state index contributed by atoms with van der Waals surface area (Å²) in [7, 11) is 0. The van der Waals surface area contributed by atoms with Gasteiger partial charge in [0.25, 0.3) is 0 Å². The van der Waals surface area contributed by atoms with Crippen molar-refractivity contribution in [3.8, 4) is 0 Å². The summed E-state index contributed by atoms with van der Waals surface area (Å²) in [5.74, 6) is -0.985. The molecule has 0 saturated heterocycles. The molecule has 0 heterocycles. The highest BCUT2D eigenvalue weighted by Gasteiger charge is 2.10. The van der Waals surface area contributed by atoms with Crippen molar-refractivity contribution in [3.63, 3.8) is 0 Å². The minimum atomic E-state index is -0.985. The number of carboxylic acid groups (broad SMARTS) is 1. The predicted molar refractivity (Wildman–Crippen MR) is 74.5 cm³/mol. The Balaban J connectivity index is 2.42. The number of carbonyl (C=O) groups excluding carboxylic acids is 1. The van der Waals surface area contributed by atoms with Crippen LogP contribution in [0.15, 0.2) is 24.3 Å². The van der Waals surface area contributed by atoms with Crippen molar-refractivity contribution in [1.29, 1.82) is 0 Å². The van der Waals surface area contributed by atoms with Crippen LogP contribution in [-0.4, -0.2) is 23.7 Å². The molecule has 0 aliphatic heterocycles. The molecule has 0 aliphatic carbocycles. The van der Waals surface area contributed by atoms with Crippen molar-refractivity contribution in [2.75, 3.05) is 11.9 Å². The van der Waals surface area contributed by atoms with Crippen LogP contribution < -0.4 is 10.6 Å². The van der Waals surface area contributed by atoms with E-state index >= 15 is 0 Å². The largest absolute Gasteiger partial charge is 0.478 e. The standard InChI is InChI=1S/C14H20N2O3/c1-14(2,3)8-9-15-13(19)16-11-6-4-10(5-7-11)12(17)18/h4-7H,8-9H2,1-3H3,(H,17,18)(H2,15,16,19). The zero-order chi connectivity index (χ0) is 14.5. The number of carbonyl (C=O) groups is 2. The van der Waals surface area contributed by atoms with E-state index in [4.69, 9.17) is 5.11 Å². The molecule has 2 amide bonds. The molecule has 0 bridgehead atoms. The fourth-order valence-corrected chi connectivity index (χ4v) is 1.42. The molecule has 1 aromatic rings. The fourth-order valence-electron chi connectivity index (χ4n) is 1.42. The van der Waals surface area contributed by atoms with Gasteiger partial charge in [0.05, 0.1) is 5.56 Å². The quantitative estimate of drug-likeness (QED) is 0.782. The first-order chi connectivity index (χ1) is 8.78. The Bertz CT molecular complexity index is 447. The van der Waals surface area contributed by atoms with Gasteiger partial charge >= 0.3 is 12.0 Å². The van der Waals surface area contributed by atoms with Crippen LogP contribution in [-0.2, 0) is 0 Å². The first kappa shape index (κ1) is 15.0. The first-order valence-electron chi connectivity index (χ1n) is 6.16. The first-order valence-corrected chi connectivity index (χ1v) is 6.16. The smallest absolute Gasteiger partial charge is 0.335 e. The van der Waals surface area contributed by atoms with Crippen molar-refractivity contribution in [2.45, 2.75) is 27.2 Å². The number of benzene rings is 1. The number of rotatable bonds is 4. The molecule has 19 heavy (non-hydrogen) atoms. The molecule has 0 spiro atoms. The van der Waals surface area contributed by atoms with E-state index in [1.165, 1.54) is 12.1 Å². The van der Waals surface area contributed by atoms with Gasteiger partial charge in [-0.3, -0.25) is 0 Å². The van der Waals surface area contributed by atoms with Gasteiger partial charge in [0.1, 0.15) is 0 Å². The maximum atomic E-state index is 11.6. The summed E-state index contributed by atoms with van der Waals surface area (Å²) in [5, 5.41) is 14.2. The van der Waals surface area contributed by atoms with Gasteiger partial charge in [0, 0.05) is 12.2 Å². The average molecular weight is 264 g/mol. The summed E-state index contributed by atoms with van der Waals surface area (Å²) >= 11 is 0. The predicted octanol–water partition coefficient (Wildman–Crippen LogP) is 2.94. The summed E-state index contributed by atoms with van der Waals surface area (Å²) < 4.78 is 0. The van der Waals surface area contributed by atoms with Crippen molar-refractivity contribution in [1.82, 2.24) is 5.32 Å². The van der Waals surface area contributed by atoms with Crippen LogP contribution in [0, 0.1) is 5.41 Å². The highest BCUT2D eigenvalue weighted by Crippen LogP contribution is 2.17. The molecule has 5 nitrogen and oxygen atoms in total. The van der Waals surface area contributed by atoms with Crippen LogP contribution in [0.1, 0.15) is 37.6 Å². The molecule has 0 atom stereocenters. The van der Waals surface area contributed by atoms with E-state index < -0.39 is 5.97 Å². The second kappa shape index (κ2) is 6.22. The van der Waals surface area contributed by atoms with Gasteiger partial charge in [0.2, 0.25) is 0 Å². The number of carboxylic acids is 1. The minimum absolute atomic E-state index is 0.177. The van der Waals surface area contributed by atoms with Crippen molar-refractivity contribution >= 4 is 17.7 Å². The van der Waals surface area contributed by atoms with E-state index in [9.17, 15) is 9.59 Å². The summed E-state index contributed by atoms with van der Waals surface area (Å²) in [6, 6.07) is 5.74. The van der Waals surface area contributed by atoms with E-state index in [0.29, 0.717) is 12.2 Å². The zero-order valence-electron chi connectivity index (χ0n) is 11.5. The second-order valence-electron chi connectivity index (χ2n) is 5.57. The van der Waals surface area contributed by atoms with Gasteiger partial charge in [-0.05, 0) is 36.1 Å². The van der Waals surface area contributed by atoms with E-state index in [-0.39, 0.29) is 17.0 Å². The van der Waals surface area contributed by atoms with Crippen molar-refractivity contribution < 1.29 is 14.7 Å². The highest BCUT2D eigenvalue weighted by molar-refractivity contribution is 5.91. The summed E-state index contributed by atoms with van der Waals surface area (Å²) in [6.45, 7) is 6.92. The molecule has 1 aromatic carbocycles. The Labute approximate surface area is 113 Å². The lowest BCUT2D eigenvalue weighted by molar-refractivity contribution is 0.0697. The van der Waals surface area contributed by atoms with Gasteiger partial charge in [0.15, 0.2) is 0 Å². The maximum absolute atomic E-state index is 11.6. The molecule has 3 N–H and O–H groups in total. The van der Waals surface area contributed by atoms with Gasteiger partial charge in [-0.15, -0.1) is 0 Å². The molecule has 1 rings (SSSR count). The molecule has 0 radical (unpaired) electrons. The normalized spacial score (nSPS) is 10.9. The molecule has 0 fully saturated rings. The summed E-state index contributed by atoms with van der Waals surface area (Å²) in [6.07, 6.45) is 0.887. The molecular weight excluding hydrogens is 244 g/mol. The lowest BCUT2D eigenvalue weighted by atomic mass is 9.92. The second-order valence-corrected chi connectivity index (χ2v) is 5.57. The van der Waals surface area contributed by atoms with Crippen LogP contribution in [0.5, 0.6) is 0 Å². The monoisotopic (exact) mass is 264 g/mol. The third-order valence-corrected chi connectivity index (χ3v) is 2.55. The number of aromatic carboxylic acids is 1. The Kier molecular flexibility index (Phi) is 4.92. The Morgan fingerprint density at radius 3 is 2.21 bits per heavy atom. The molecule has 0 aromatic heterocycles. The third-order valence-electron chi connectivity index (χ3n) is 2.55. The topological polar surface area (TPSA) is 78.4 Å². The number of urea groups is 1. The maximum Gasteiger partial charge on any atom is 0.335 e. The molecule has 0 saturated carbocycles. The van der Waals surface area contributed by atoms with Crippen molar-refractivity contribution in [3.05, 3.63) is 29.8 Å². The number of hydrogen-bond acceptors (Lipinski definition) is 2. The molecule has 5 heteroatoms. The van der Waals surface area contributed by atoms with Crippen LogP contribution in [0.3, 0.4) is 0 Å². The molecule has 104 valence electrons. The Morgan fingerprint density at radius 2 is 1.74 bits per heavy atom. The van der Waals surface area contributed by atoms with Gasteiger partial charge in [-0.1, -0.05) is 20.8 Å². The minimum Gasteiger partial charge on any atom is -0.478 e. The summed E-state index contributed by atoms with van der Waals surface area (Å²) in [4.78, 5) is 22.2. The average Bonchev–Trinajstić information content (AvgIpc) is 2.27. The van der Waals surface area contributed by atoms with E-state index in [1.54, 1.807) is 12.1 Å². The van der Waals surface area contributed by atoms with Crippen LogP contribution in [0.4, 0.5) is 10.5 Å². The lowest BCUT2D eigenvalue weighted by Gasteiger charge is -2.18. The van der Waals surface area contributed by atoms with Gasteiger partial charge in [-0.25, -0.2) is 9.59 Å². The molecular formula is C14H20N2O3. The fraction of sp³-hybridized carbons (Fsp3) is 0.429. The molecule has 0 unspecified atom stereocenters. The van der Waals surface area contributed by atoms with Crippen molar-refractivity contribution in [2.24, 2.45) is 5.41 Å². The van der Waals surface area contributed by atoms with Gasteiger partial charge in [-0.2, -0.15) is 0 Å². The summed E-state index contributed by atoms with van der Waals surface area (Å²) in [5.41, 5.74) is 0.938. The van der Waals surface area contributed by atoms with Crippen LogP contribution >= 0.6 is 0 Å². The zero-order valence-corrected chi connectivity index (χ0v) is 11.5. The SMILES string of the molecule is CC(C)(C)CCNC(=O)Nc1ccc(C(=O)O)cc1. The Hall–Kier alpha value is -2.04. The number of hydrogen-bond donors (Lipinski definition) is 3. The van der Waals surface area contributed by atoms with Gasteiger partial charge < -0.3 is 15.7 Å². The number of anilines is 1. The number of amides is 2. The molecule has 0 aliphatic rings.